The minimum Gasteiger partial charge on any atom is -0.379 e. The van der Waals surface area contributed by atoms with E-state index in [4.69, 9.17) is 15.2 Å². The van der Waals surface area contributed by atoms with Gasteiger partial charge in [-0.15, -0.1) is 0 Å². The molecule has 3 atom stereocenters. The lowest BCUT2D eigenvalue weighted by Crippen LogP contribution is -2.80. The Morgan fingerprint density at radius 2 is 2.20 bits per heavy atom. The molecule has 1 aliphatic heterocycles. The van der Waals surface area contributed by atoms with Crippen LogP contribution in [-0.4, -0.2) is 43.4 Å². The second kappa shape index (κ2) is 5.62. The Kier molecular flexibility index (Phi) is 4.42. The second-order valence-corrected chi connectivity index (χ2v) is 6.81. The fourth-order valence-corrected chi connectivity index (χ4v) is 3.58. The van der Waals surface area contributed by atoms with Crippen LogP contribution in [0.5, 0.6) is 0 Å². The molecule has 2 aliphatic rings. The normalized spacial score (nSPS) is 34.7. The summed E-state index contributed by atoms with van der Waals surface area (Å²) in [5.74, 6) is 0.114. The van der Waals surface area contributed by atoms with Gasteiger partial charge < -0.3 is 20.5 Å². The van der Waals surface area contributed by atoms with Crippen LogP contribution in [0.25, 0.3) is 0 Å². The van der Waals surface area contributed by atoms with E-state index in [1.807, 2.05) is 27.7 Å². The molecule has 20 heavy (non-hydrogen) atoms. The zero-order valence-corrected chi connectivity index (χ0v) is 13.1. The molecule has 1 aliphatic carbocycles. The average molecular weight is 284 g/mol. The van der Waals surface area contributed by atoms with Crippen LogP contribution in [0, 0.1) is 11.3 Å². The summed E-state index contributed by atoms with van der Waals surface area (Å²) < 4.78 is 11.2. The van der Waals surface area contributed by atoms with Crippen LogP contribution in [0.3, 0.4) is 0 Å². The number of carbonyl (C=O) groups excluding carboxylic acids is 1. The molecule has 3 N–H and O–H groups in total. The third kappa shape index (κ3) is 2.36. The molecule has 1 heterocycles. The standard InChI is InChI=1S/C15H28N2O3/c1-10(2)19-8-5-7-17-13(18)15(16)11-6-9-20-12(11)14(15,3)4/h10-12H,5-9,16H2,1-4H3,(H,17,18). The van der Waals surface area contributed by atoms with Crippen molar-refractivity contribution in [1.29, 1.82) is 0 Å². The quantitative estimate of drug-likeness (QED) is 0.715. The maximum Gasteiger partial charge on any atom is 0.241 e. The molecule has 0 radical (unpaired) electrons. The van der Waals surface area contributed by atoms with E-state index < -0.39 is 5.54 Å². The van der Waals surface area contributed by atoms with E-state index in [1.54, 1.807) is 0 Å². The van der Waals surface area contributed by atoms with Crippen LogP contribution >= 0.6 is 0 Å². The smallest absolute Gasteiger partial charge is 0.241 e. The first kappa shape index (κ1) is 15.7. The van der Waals surface area contributed by atoms with Crippen molar-refractivity contribution >= 4 is 5.91 Å². The number of hydrogen-bond acceptors (Lipinski definition) is 4. The van der Waals surface area contributed by atoms with E-state index in [1.165, 1.54) is 0 Å². The number of nitrogens with two attached hydrogens (primary N) is 1. The molecule has 3 unspecified atom stereocenters. The average Bonchev–Trinajstić information content (AvgIpc) is 2.84. The first-order chi connectivity index (χ1) is 9.31. The fourth-order valence-electron chi connectivity index (χ4n) is 3.58. The summed E-state index contributed by atoms with van der Waals surface area (Å²) in [4.78, 5) is 12.5. The van der Waals surface area contributed by atoms with Crippen LogP contribution in [0.15, 0.2) is 0 Å². The van der Waals surface area contributed by atoms with Gasteiger partial charge in [0.05, 0.1) is 12.2 Å². The molecular weight excluding hydrogens is 256 g/mol. The van der Waals surface area contributed by atoms with E-state index in [0.717, 1.165) is 12.8 Å². The third-order valence-electron chi connectivity index (χ3n) is 4.89. The molecule has 0 aromatic carbocycles. The molecule has 1 saturated carbocycles. The molecule has 5 heteroatoms. The summed E-state index contributed by atoms with van der Waals surface area (Å²) in [6.07, 6.45) is 2.05. The molecule has 1 saturated heterocycles. The first-order valence-electron chi connectivity index (χ1n) is 7.62. The van der Waals surface area contributed by atoms with Crippen LogP contribution in [-0.2, 0) is 14.3 Å². The number of carbonyl (C=O) groups is 1. The first-order valence-corrected chi connectivity index (χ1v) is 7.62. The predicted octanol–water partition coefficient (Wildman–Crippen LogP) is 1.06. The largest absolute Gasteiger partial charge is 0.379 e. The summed E-state index contributed by atoms with van der Waals surface area (Å²) in [7, 11) is 0. The van der Waals surface area contributed by atoms with Gasteiger partial charge in [0.15, 0.2) is 0 Å². The lowest BCUT2D eigenvalue weighted by Gasteiger charge is -2.60. The van der Waals surface area contributed by atoms with E-state index >= 15 is 0 Å². The molecule has 2 fully saturated rings. The Morgan fingerprint density at radius 3 is 2.85 bits per heavy atom. The Bertz CT molecular complexity index is 370. The summed E-state index contributed by atoms with van der Waals surface area (Å²) in [6.45, 7) is 10.1. The van der Waals surface area contributed by atoms with Crippen molar-refractivity contribution in [2.24, 2.45) is 17.1 Å². The molecule has 0 spiro atoms. The molecule has 1 amide bonds. The highest BCUT2D eigenvalue weighted by Gasteiger charge is 2.71. The van der Waals surface area contributed by atoms with Gasteiger partial charge in [0.1, 0.15) is 5.54 Å². The van der Waals surface area contributed by atoms with Crippen molar-refractivity contribution in [1.82, 2.24) is 5.32 Å². The minimum atomic E-state index is -0.799. The van der Waals surface area contributed by atoms with Crippen molar-refractivity contribution in [2.75, 3.05) is 19.8 Å². The summed E-state index contributed by atoms with van der Waals surface area (Å²) >= 11 is 0. The summed E-state index contributed by atoms with van der Waals surface area (Å²) in [5.41, 5.74) is 5.35. The summed E-state index contributed by atoms with van der Waals surface area (Å²) in [6, 6.07) is 0. The van der Waals surface area contributed by atoms with Crippen LogP contribution in [0.1, 0.15) is 40.5 Å². The molecule has 0 bridgehead atoms. The van der Waals surface area contributed by atoms with Crippen molar-refractivity contribution in [3.63, 3.8) is 0 Å². The molecular formula is C15H28N2O3. The minimum absolute atomic E-state index is 0.0428. The van der Waals surface area contributed by atoms with E-state index in [2.05, 4.69) is 5.32 Å². The van der Waals surface area contributed by atoms with Crippen LogP contribution in [0.2, 0.25) is 0 Å². The lowest BCUT2D eigenvalue weighted by molar-refractivity contribution is -0.175. The van der Waals surface area contributed by atoms with Gasteiger partial charge in [-0.25, -0.2) is 0 Å². The van der Waals surface area contributed by atoms with Gasteiger partial charge in [-0.05, 0) is 26.7 Å². The zero-order chi connectivity index (χ0) is 15.0. The van der Waals surface area contributed by atoms with Gasteiger partial charge in [0.2, 0.25) is 5.91 Å². The Morgan fingerprint density at radius 1 is 1.50 bits per heavy atom. The van der Waals surface area contributed by atoms with Gasteiger partial charge >= 0.3 is 0 Å². The van der Waals surface area contributed by atoms with Crippen molar-refractivity contribution in [3.05, 3.63) is 0 Å². The molecule has 116 valence electrons. The highest BCUT2D eigenvalue weighted by Crippen LogP contribution is 2.58. The molecule has 2 rings (SSSR count). The molecule has 0 aromatic rings. The van der Waals surface area contributed by atoms with Crippen LogP contribution < -0.4 is 11.1 Å². The van der Waals surface area contributed by atoms with Crippen LogP contribution in [0.4, 0.5) is 0 Å². The van der Waals surface area contributed by atoms with Gasteiger partial charge in [0, 0.05) is 31.1 Å². The van der Waals surface area contributed by atoms with Gasteiger partial charge in [0.25, 0.3) is 0 Å². The van der Waals surface area contributed by atoms with E-state index in [0.29, 0.717) is 19.8 Å². The third-order valence-corrected chi connectivity index (χ3v) is 4.89. The zero-order valence-electron chi connectivity index (χ0n) is 13.1. The Hall–Kier alpha value is -0.650. The molecule has 5 nitrogen and oxygen atoms in total. The number of fused-ring (bicyclic) bond motifs is 1. The number of hydrogen-bond donors (Lipinski definition) is 2. The SMILES string of the molecule is CC(C)OCCCNC(=O)C1(N)C2CCOC2C1(C)C. The number of ether oxygens (including phenoxy) is 2. The van der Waals surface area contributed by atoms with Crippen molar-refractivity contribution < 1.29 is 14.3 Å². The predicted molar refractivity (Wildman–Crippen MR) is 77.3 cm³/mol. The van der Waals surface area contributed by atoms with Gasteiger partial charge in [-0.3, -0.25) is 4.79 Å². The van der Waals surface area contributed by atoms with Crippen molar-refractivity contribution in [2.45, 2.75) is 58.3 Å². The summed E-state index contributed by atoms with van der Waals surface area (Å²) in [5, 5.41) is 2.97. The lowest BCUT2D eigenvalue weighted by atomic mass is 9.48. The molecule has 0 aromatic heterocycles. The fraction of sp³-hybridized carbons (Fsp3) is 0.933. The highest BCUT2D eigenvalue weighted by atomic mass is 16.5. The Labute approximate surface area is 121 Å². The maximum absolute atomic E-state index is 12.5. The maximum atomic E-state index is 12.5. The number of nitrogens with one attached hydrogen (secondary N) is 1. The van der Waals surface area contributed by atoms with Gasteiger partial charge in [-0.2, -0.15) is 0 Å². The Balaban J connectivity index is 1.83. The van der Waals surface area contributed by atoms with E-state index in [9.17, 15) is 4.79 Å². The highest BCUT2D eigenvalue weighted by molar-refractivity contribution is 5.89. The van der Waals surface area contributed by atoms with Gasteiger partial charge in [-0.1, -0.05) is 13.8 Å². The number of rotatable bonds is 6. The van der Waals surface area contributed by atoms with Crippen molar-refractivity contribution in [3.8, 4) is 0 Å². The second-order valence-electron chi connectivity index (χ2n) is 6.81. The van der Waals surface area contributed by atoms with E-state index in [-0.39, 0.29) is 29.4 Å². The topological polar surface area (TPSA) is 73.6 Å². The number of amides is 1. The monoisotopic (exact) mass is 284 g/mol.